The molecule has 5 nitrogen and oxygen atoms in total. The van der Waals surface area contributed by atoms with E-state index >= 15 is 0 Å². The summed E-state index contributed by atoms with van der Waals surface area (Å²) in [6, 6.07) is 0. The summed E-state index contributed by atoms with van der Waals surface area (Å²) in [4.78, 5) is 27.0. The van der Waals surface area contributed by atoms with Gasteiger partial charge in [0.25, 0.3) is 5.91 Å². The molecule has 0 fully saturated rings. The largest absolute Gasteiger partial charge is 0.455 e. The van der Waals surface area contributed by atoms with Gasteiger partial charge in [-0.05, 0) is 20.8 Å². The Balaban J connectivity index is 3.96. The van der Waals surface area contributed by atoms with Crippen LogP contribution >= 0.6 is 0 Å². The molecule has 0 radical (unpaired) electrons. The molecule has 0 aliphatic heterocycles. The Hall–Kier alpha value is -1.10. The number of carbonyl (C=O) groups excluding carboxylic acids is 2. The minimum Gasteiger partial charge on any atom is -0.455 e. The van der Waals surface area contributed by atoms with Gasteiger partial charge in [-0.2, -0.15) is 0 Å². The predicted molar refractivity (Wildman–Crippen MR) is 50.2 cm³/mol. The lowest BCUT2D eigenvalue weighted by molar-refractivity contribution is -0.178. The Kier molecular flexibility index (Phi) is 4.56. The molecule has 0 atom stereocenters. The van der Waals surface area contributed by atoms with Crippen LogP contribution in [0.25, 0.3) is 0 Å². The van der Waals surface area contributed by atoms with Crippen molar-refractivity contribution in [2.45, 2.75) is 20.8 Å². The van der Waals surface area contributed by atoms with Gasteiger partial charge < -0.3 is 4.74 Å². The van der Waals surface area contributed by atoms with Gasteiger partial charge in [-0.15, -0.1) is 0 Å². The van der Waals surface area contributed by atoms with Crippen molar-refractivity contribution in [2.75, 3.05) is 20.8 Å². The number of hydrogen-bond donors (Lipinski definition) is 0. The van der Waals surface area contributed by atoms with Crippen LogP contribution in [0, 0.1) is 5.41 Å². The first-order chi connectivity index (χ1) is 6.29. The maximum absolute atomic E-state index is 11.2. The van der Waals surface area contributed by atoms with Crippen LogP contribution in [0.3, 0.4) is 0 Å². The molecule has 0 aliphatic rings. The molecular weight excluding hydrogens is 186 g/mol. The highest BCUT2D eigenvalue weighted by molar-refractivity contribution is 5.81. The van der Waals surface area contributed by atoms with Crippen LogP contribution in [0.5, 0.6) is 0 Å². The van der Waals surface area contributed by atoms with E-state index in [1.54, 1.807) is 20.8 Å². The summed E-state index contributed by atoms with van der Waals surface area (Å²) in [5.41, 5.74) is -0.591. The third kappa shape index (κ3) is 4.23. The Labute approximate surface area is 83.9 Å². The van der Waals surface area contributed by atoms with E-state index in [-0.39, 0.29) is 6.61 Å². The van der Waals surface area contributed by atoms with Gasteiger partial charge in [0.2, 0.25) is 0 Å². The summed E-state index contributed by atoms with van der Waals surface area (Å²) >= 11 is 0. The monoisotopic (exact) mass is 203 g/mol. The highest BCUT2D eigenvalue weighted by Gasteiger charge is 2.24. The standard InChI is InChI=1S/C9H17NO4/c1-9(2,3)8(12)14-6-7(11)10(4)13-5/h6H2,1-5H3. The maximum Gasteiger partial charge on any atom is 0.311 e. The van der Waals surface area contributed by atoms with Gasteiger partial charge in [-0.3, -0.25) is 14.4 Å². The summed E-state index contributed by atoms with van der Waals surface area (Å²) in [5, 5.41) is 1.01. The average Bonchev–Trinajstić information content (AvgIpc) is 2.10. The van der Waals surface area contributed by atoms with Crippen molar-refractivity contribution in [1.29, 1.82) is 0 Å². The van der Waals surface area contributed by atoms with E-state index in [0.29, 0.717) is 0 Å². The molecule has 0 spiro atoms. The molecule has 14 heavy (non-hydrogen) atoms. The summed E-state index contributed by atoms with van der Waals surface area (Å²) in [6.07, 6.45) is 0. The molecule has 0 aromatic heterocycles. The quantitative estimate of drug-likeness (QED) is 0.497. The highest BCUT2D eigenvalue weighted by Crippen LogP contribution is 2.14. The van der Waals surface area contributed by atoms with E-state index < -0.39 is 17.3 Å². The fraction of sp³-hybridized carbons (Fsp3) is 0.778. The summed E-state index contributed by atoms with van der Waals surface area (Å²) in [5.74, 6) is -0.805. The maximum atomic E-state index is 11.2. The van der Waals surface area contributed by atoms with Gasteiger partial charge in [-0.25, -0.2) is 5.06 Å². The highest BCUT2D eigenvalue weighted by atomic mass is 16.7. The first-order valence-corrected chi connectivity index (χ1v) is 4.27. The number of likely N-dealkylation sites (N-methyl/N-ethyl adjacent to an activating group) is 1. The van der Waals surface area contributed by atoms with Gasteiger partial charge in [-0.1, -0.05) is 0 Å². The van der Waals surface area contributed by atoms with Crippen molar-refractivity contribution in [1.82, 2.24) is 5.06 Å². The zero-order valence-electron chi connectivity index (χ0n) is 9.29. The van der Waals surface area contributed by atoms with Crippen LogP contribution in [-0.2, 0) is 19.2 Å². The van der Waals surface area contributed by atoms with Crippen molar-refractivity contribution >= 4 is 11.9 Å². The van der Waals surface area contributed by atoms with Crippen LogP contribution in [0.1, 0.15) is 20.8 Å². The lowest BCUT2D eigenvalue weighted by Gasteiger charge is -2.18. The minimum atomic E-state index is -0.591. The number of esters is 1. The van der Waals surface area contributed by atoms with E-state index in [9.17, 15) is 9.59 Å². The van der Waals surface area contributed by atoms with E-state index in [0.717, 1.165) is 5.06 Å². The molecule has 0 saturated carbocycles. The number of hydroxylamine groups is 2. The lowest BCUT2D eigenvalue weighted by atomic mass is 9.97. The van der Waals surface area contributed by atoms with Crippen LogP contribution in [-0.4, -0.2) is 37.7 Å². The van der Waals surface area contributed by atoms with Gasteiger partial charge >= 0.3 is 5.97 Å². The molecule has 5 heteroatoms. The molecule has 82 valence electrons. The second kappa shape index (κ2) is 4.95. The molecule has 0 aromatic rings. The molecule has 0 rings (SSSR count). The fourth-order valence-electron chi connectivity index (χ4n) is 0.537. The smallest absolute Gasteiger partial charge is 0.311 e. The Morgan fingerprint density at radius 3 is 2.14 bits per heavy atom. The van der Waals surface area contributed by atoms with Gasteiger partial charge in [0.1, 0.15) is 0 Å². The molecule has 0 aliphatic carbocycles. The summed E-state index contributed by atoms with van der Waals surface area (Å²) in [6.45, 7) is 4.87. The summed E-state index contributed by atoms with van der Waals surface area (Å²) in [7, 11) is 2.82. The van der Waals surface area contributed by atoms with Crippen LogP contribution in [0.4, 0.5) is 0 Å². The zero-order valence-corrected chi connectivity index (χ0v) is 9.29. The predicted octanol–water partition coefficient (Wildman–Crippen LogP) is 0.595. The Morgan fingerprint density at radius 2 is 1.79 bits per heavy atom. The number of nitrogens with zero attached hydrogens (tertiary/aromatic N) is 1. The normalized spacial score (nSPS) is 10.9. The fourth-order valence-corrected chi connectivity index (χ4v) is 0.537. The molecule has 0 aromatic carbocycles. The first-order valence-electron chi connectivity index (χ1n) is 4.27. The number of hydrogen-bond acceptors (Lipinski definition) is 4. The summed E-state index contributed by atoms with van der Waals surface area (Å²) < 4.78 is 4.78. The zero-order chi connectivity index (χ0) is 11.4. The second-order valence-corrected chi connectivity index (χ2v) is 3.90. The topological polar surface area (TPSA) is 55.8 Å². The molecule has 0 saturated heterocycles. The first kappa shape index (κ1) is 12.9. The van der Waals surface area contributed by atoms with Gasteiger partial charge in [0, 0.05) is 7.05 Å². The minimum absolute atomic E-state index is 0.291. The third-order valence-electron chi connectivity index (χ3n) is 1.56. The van der Waals surface area contributed by atoms with Crippen molar-refractivity contribution < 1.29 is 19.2 Å². The van der Waals surface area contributed by atoms with Gasteiger partial charge in [0.05, 0.1) is 12.5 Å². The number of rotatable bonds is 3. The van der Waals surface area contributed by atoms with E-state index in [4.69, 9.17) is 4.74 Å². The molecule has 0 N–H and O–H groups in total. The third-order valence-corrected chi connectivity index (χ3v) is 1.56. The van der Waals surface area contributed by atoms with Crippen molar-refractivity contribution in [3.05, 3.63) is 0 Å². The van der Waals surface area contributed by atoms with E-state index in [1.165, 1.54) is 14.2 Å². The van der Waals surface area contributed by atoms with Crippen molar-refractivity contribution in [2.24, 2.45) is 5.41 Å². The van der Waals surface area contributed by atoms with Crippen molar-refractivity contribution in [3.8, 4) is 0 Å². The lowest BCUT2D eigenvalue weighted by Crippen LogP contribution is -2.32. The molecule has 1 amide bonds. The van der Waals surface area contributed by atoms with Gasteiger partial charge in [0.15, 0.2) is 6.61 Å². The Morgan fingerprint density at radius 1 is 1.29 bits per heavy atom. The van der Waals surface area contributed by atoms with Crippen LogP contribution < -0.4 is 0 Å². The van der Waals surface area contributed by atoms with E-state index in [1.807, 2.05) is 0 Å². The molecular formula is C9H17NO4. The Bertz CT molecular complexity index is 219. The van der Waals surface area contributed by atoms with Crippen molar-refractivity contribution in [3.63, 3.8) is 0 Å². The second-order valence-electron chi connectivity index (χ2n) is 3.90. The average molecular weight is 203 g/mol. The number of ether oxygens (including phenoxy) is 1. The molecule has 0 unspecified atom stereocenters. The number of amides is 1. The van der Waals surface area contributed by atoms with E-state index in [2.05, 4.69) is 4.84 Å². The SMILES string of the molecule is CON(C)C(=O)COC(=O)C(C)(C)C. The van der Waals surface area contributed by atoms with Crippen LogP contribution in [0.2, 0.25) is 0 Å². The van der Waals surface area contributed by atoms with Crippen LogP contribution in [0.15, 0.2) is 0 Å². The molecule has 0 heterocycles. The number of carbonyl (C=O) groups is 2. The molecule has 0 bridgehead atoms.